The number of pyridine rings is 1. The second-order valence-corrected chi connectivity index (χ2v) is 6.48. The Labute approximate surface area is 138 Å². The number of nitrogens with zero attached hydrogens (tertiary/aromatic N) is 5. The molecule has 1 aliphatic rings. The fraction of sp³-hybridized carbons (Fsp3) is 0.500. The van der Waals surface area contributed by atoms with Gasteiger partial charge in [0.1, 0.15) is 5.69 Å². The number of likely N-dealkylation sites (tertiary alicyclic amines) is 1. The van der Waals surface area contributed by atoms with E-state index < -0.39 is 0 Å². The molecule has 2 aromatic rings. The van der Waals surface area contributed by atoms with Gasteiger partial charge < -0.3 is 4.90 Å². The lowest BCUT2D eigenvalue weighted by Crippen LogP contribution is -2.38. The number of likely N-dealkylation sites (N-methyl/N-ethyl adjacent to an activating group) is 1. The smallest absolute Gasteiger partial charge is 0.178 e. The molecule has 1 fully saturated rings. The van der Waals surface area contributed by atoms with E-state index in [2.05, 4.69) is 38.8 Å². The molecule has 23 heavy (non-hydrogen) atoms. The van der Waals surface area contributed by atoms with Gasteiger partial charge in [-0.3, -0.25) is 9.88 Å². The molecule has 0 aliphatic carbocycles. The lowest BCUT2D eigenvalue weighted by atomic mass is 10.1. The Hall–Kier alpha value is -1.85. The Balaban J connectivity index is 1.65. The van der Waals surface area contributed by atoms with Gasteiger partial charge in [-0.25, -0.2) is 9.97 Å². The van der Waals surface area contributed by atoms with E-state index in [9.17, 15) is 0 Å². The summed E-state index contributed by atoms with van der Waals surface area (Å²) in [5.74, 6) is 0.691. The van der Waals surface area contributed by atoms with Crippen molar-refractivity contribution in [3.8, 4) is 11.5 Å². The van der Waals surface area contributed by atoms with Crippen LogP contribution in [-0.4, -0.2) is 58.0 Å². The molecule has 0 aromatic carbocycles. The highest BCUT2D eigenvalue weighted by Crippen LogP contribution is 2.17. The number of aromatic nitrogens is 3. The summed E-state index contributed by atoms with van der Waals surface area (Å²) in [4.78, 5) is 18.1. The Morgan fingerprint density at radius 3 is 2.65 bits per heavy atom. The number of rotatable bonds is 4. The highest BCUT2D eigenvalue weighted by molar-refractivity contribution is 5.47. The van der Waals surface area contributed by atoms with Gasteiger partial charge in [0, 0.05) is 43.3 Å². The molecule has 5 heteroatoms. The van der Waals surface area contributed by atoms with Crippen molar-refractivity contribution in [3.63, 3.8) is 0 Å². The van der Waals surface area contributed by atoms with Gasteiger partial charge >= 0.3 is 0 Å². The topological polar surface area (TPSA) is 45.2 Å². The third kappa shape index (κ3) is 4.33. The highest BCUT2D eigenvalue weighted by Gasteiger charge is 2.19. The van der Waals surface area contributed by atoms with Crippen molar-refractivity contribution in [2.24, 2.45) is 0 Å². The van der Waals surface area contributed by atoms with Crippen molar-refractivity contribution in [1.29, 1.82) is 0 Å². The first kappa shape index (κ1) is 16.0. The van der Waals surface area contributed by atoms with Crippen molar-refractivity contribution in [2.45, 2.75) is 31.8 Å². The monoisotopic (exact) mass is 311 g/mol. The van der Waals surface area contributed by atoms with Gasteiger partial charge in [-0.05, 0) is 45.6 Å². The molecule has 1 aliphatic heterocycles. The number of hydrogen-bond donors (Lipinski definition) is 0. The molecule has 3 heterocycles. The Bertz CT molecular complexity index is 597. The Morgan fingerprint density at radius 2 is 1.96 bits per heavy atom. The van der Waals surface area contributed by atoms with E-state index in [4.69, 9.17) is 0 Å². The van der Waals surface area contributed by atoms with Crippen LogP contribution in [0.3, 0.4) is 0 Å². The molecule has 0 bridgehead atoms. The molecule has 122 valence electrons. The predicted molar refractivity (Wildman–Crippen MR) is 91.9 cm³/mol. The Kier molecular flexibility index (Phi) is 5.31. The molecule has 0 unspecified atom stereocenters. The first-order valence-electron chi connectivity index (χ1n) is 8.33. The zero-order chi connectivity index (χ0) is 16.1. The summed E-state index contributed by atoms with van der Waals surface area (Å²) in [6, 6.07) is 6.44. The quantitative estimate of drug-likeness (QED) is 0.868. The molecule has 1 atom stereocenters. The fourth-order valence-corrected chi connectivity index (χ4v) is 3.08. The summed E-state index contributed by atoms with van der Waals surface area (Å²) in [6.45, 7) is 3.20. The van der Waals surface area contributed by atoms with Gasteiger partial charge in [-0.1, -0.05) is 12.5 Å². The Morgan fingerprint density at radius 1 is 1.13 bits per heavy atom. The van der Waals surface area contributed by atoms with Crippen molar-refractivity contribution in [1.82, 2.24) is 24.8 Å². The molecular weight excluding hydrogens is 286 g/mol. The second-order valence-electron chi connectivity index (χ2n) is 6.48. The minimum Gasteiger partial charge on any atom is -0.305 e. The van der Waals surface area contributed by atoms with E-state index in [1.54, 1.807) is 6.20 Å². The van der Waals surface area contributed by atoms with Crippen LogP contribution in [0.25, 0.3) is 11.5 Å². The maximum absolute atomic E-state index is 4.48. The average molecular weight is 311 g/mol. The van der Waals surface area contributed by atoms with Crippen molar-refractivity contribution in [2.75, 3.05) is 27.2 Å². The first-order valence-corrected chi connectivity index (χ1v) is 8.33. The van der Waals surface area contributed by atoms with Crippen LogP contribution in [0.5, 0.6) is 0 Å². The largest absolute Gasteiger partial charge is 0.305 e. The summed E-state index contributed by atoms with van der Waals surface area (Å²) < 4.78 is 0. The van der Waals surface area contributed by atoms with Crippen LogP contribution < -0.4 is 0 Å². The van der Waals surface area contributed by atoms with Crippen LogP contribution >= 0.6 is 0 Å². The molecule has 0 saturated carbocycles. The summed E-state index contributed by atoms with van der Waals surface area (Å²) in [5.41, 5.74) is 1.99. The molecule has 5 nitrogen and oxygen atoms in total. The molecule has 0 N–H and O–H groups in total. The lowest BCUT2D eigenvalue weighted by molar-refractivity contribution is 0.191. The molecule has 0 radical (unpaired) electrons. The van der Waals surface area contributed by atoms with E-state index in [1.165, 1.54) is 24.8 Å². The molecular formula is C18H25N5. The second kappa shape index (κ2) is 7.62. The van der Waals surface area contributed by atoms with Crippen LogP contribution in [0, 0.1) is 0 Å². The highest BCUT2D eigenvalue weighted by atomic mass is 15.2. The van der Waals surface area contributed by atoms with E-state index in [0.29, 0.717) is 11.9 Å². The lowest BCUT2D eigenvalue weighted by Gasteiger charge is -2.28. The van der Waals surface area contributed by atoms with E-state index >= 15 is 0 Å². The first-order chi connectivity index (χ1) is 11.2. The van der Waals surface area contributed by atoms with Gasteiger partial charge in [0.25, 0.3) is 0 Å². The molecule has 0 amide bonds. The average Bonchev–Trinajstić information content (AvgIpc) is 2.82. The molecule has 0 spiro atoms. The third-order valence-corrected chi connectivity index (χ3v) is 4.47. The van der Waals surface area contributed by atoms with Crippen molar-refractivity contribution >= 4 is 0 Å². The summed E-state index contributed by atoms with van der Waals surface area (Å²) in [6.07, 6.45) is 9.52. The zero-order valence-electron chi connectivity index (χ0n) is 14.0. The molecule has 1 saturated heterocycles. The zero-order valence-corrected chi connectivity index (χ0v) is 14.0. The van der Waals surface area contributed by atoms with Gasteiger partial charge in [0.15, 0.2) is 5.82 Å². The standard InChI is InChI=1S/C18H25N5/c1-22(2)16-7-4-6-10-23(14-16)13-15-11-20-18(21-12-15)17-8-3-5-9-19-17/h3,5,8-9,11-12,16H,4,6-7,10,13-14H2,1-2H3/t16-/m0/s1. The minimum absolute atomic E-state index is 0.645. The van der Waals surface area contributed by atoms with Gasteiger partial charge in [0.2, 0.25) is 0 Å². The van der Waals surface area contributed by atoms with Crippen molar-refractivity contribution in [3.05, 3.63) is 42.4 Å². The van der Waals surface area contributed by atoms with E-state index in [-0.39, 0.29) is 0 Å². The third-order valence-electron chi connectivity index (χ3n) is 4.47. The van der Waals surface area contributed by atoms with Crippen LogP contribution in [-0.2, 0) is 6.54 Å². The molecule has 3 rings (SSSR count). The van der Waals surface area contributed by atoms with Crippen LogP contribution in [0.15, 0.2) is 36.8 Å². The summed E-state index contributed by atoms with van der Waals surface area (Å²) in [7, 11) is 4.36. The van der Waals surface area contributed by atoms with E-state index in [0.717, 1.165) is 25.3 Å². The SMILES string of the molecule is CN(C)[C@H]1CCCCN(Cc2cnc(-c3ccccn3)nc2)C1. The number of hydrogen-bond acceptors (Lipinski definition) is 5. The van der Waals surface area contributed by atoms with Crippen LogP contribution in [0.4, 0.5) is 0 Å². The maximum Gasteiger partial charge on any atom is 0.178 e. The van der Waals surface area contributed by atoms with Gasteiger partial charge in [-0.2, -0.15) is 0 Å². The van der Waals surface area contributed by atoms with Gasteiger partial charge in [-0.15, -0.1) is 0 Å². The van der Waals surface area contributed by atoms with Crippen LogP contribution in [0.2, 0.25) is 0 Å². The van der Waals surface area contributed by atoms with E-state index in [1.807, 2.05) is 30.6 Å². The summed E-state index contributed by atoms with van der Waals surface area (Å²) >= 11 is 0. The summed E-state index contributed by atoms with van der Waals surface area (Å²) in [5, 5.41) is 0. The predicted octanol–water partition coefficient (Wildman–Crippen LogP) is 2.45. The fourth-order valence-electron chi connectivity index (χ4n) is 3.08. The van der Waals surface area contributed by atoms with Crippen molar-refractivity contribution < 1.29 is 0 Å². The molecule has 2 aromatic heterocycles. The minimum atomic E-state index is 0.645. The van der Waals surface area contributed by atoms with Gasteiger partial charge in [0.05, 0.1) is 0 Å². The normalized spacial score (nSPS) is 19.7. The maximum atomic E-state index is 4.48. The van der Waals surface area contributed by atoms with Crippen LogP contribution in [0.1, 0.15) is 24.8 Å².